The largest absolute Gasteiger partial charge is 0.482 e. The summed E-state index contributed by atoms with van der Waals surface area (Å²) in [5.74, 6) is 0.328. The molecule has 0 saturated carbocycles. The first kappa shape index (κ1) is 26.7. The Labute approximate surface area is 231 Å². The lowest BCUT2D eigenvalue weighted by Crippen LogP contribution is -2.46. The summed E-state index contributed by atoms with van der Waals surface area (Å²) in [6.07, 6.45) is 8.50. The van der Waals surface area contributed by atoms with Crippen LogP contribution < -0.4 is 15.8 Å². The summed E-state index contributed by atoms with van der Waals surface area (Å²) < 4.78 is 22.0. The first-order valence-corrected chi connectivity index (χ1v) is 13.7. The van der Waals surface area contributed by atoms with E-state index in [1.54, 1.807) is 25.4 Å². The highest BCUT2D eigenvalue weighted by atomic mass is 35.5. The molecule has 5 rings (SSSR count). The minimum Gasteiger partial charge on any atom is -0.482 e. The topological polar surface area (TPSA) is 98.3 Å². The van der Waals surface area contributed by atoms with Crippen LogP contribution in [0.4, 0.5) is 10.2 Å². The Morgan fingerprint density at radius 2 is 2.00 bits per heavy atom. The average molecular weight is 561 g/mol. The van der Waals surface area contributed by atoms with Crippen LogP contribution in [0.15, 0.2) is 36.8 Å². The lowest BCUT2D eigenvalue weighted by Gasteiger charge is -2.35. The Bertz CT molecular complexity index is 1300. The zero-order chi connectivity index (χ0) is 26.8. The molecule has 38 heavy (non-hydrogen) atoms. The summed E-state index contributed by atoms with van der Waals surface area (Å²) in [6, 6.07) is 4.65. The molecule has 202 valence electrons. The Kier molecular flexibility index (Phi) is 8.07. The number of anilines is 1. The van der Waals surface area contributed by atoms with Gasteiger partial charge in [0.2, 0.25) is 5.91 Å². The second kappa shape index (κ2) is 11.5. The monoisotopic (exact) mass is 560 g/mol. The van der Waals surface area contributed by atoms with E-state index in [1.807, 2.05) is 15.8 Å². The summed E-state index contributed by atoms with van der Waals surface area (Å²) in [6.45, 7) is 4.97. The molecule has 0 bridgehead atoms. The zero-order valence-corrected chi connectivity index (χ0v) is 22.7. The number of pyridine rings is 1. The molecule has 11 heteroatoms. The van der Waals surface area contributed by atoms with Crippen LogP contribution in [0.3, 0.4) is 0 Å². The normalized spacial score (nSPS) is 19.4. The highest BCUT2D eigenvalue weighted by molar-refractivity contribution is 6.36. The van der Waals surface area contributed by atoms with Gasteiger partial charge in [-0.2, -0.15) is 5.10 Å². The van der Waals surface area contributed by atoms with E-state index >= 15 is 0 Å². The molecule has 0 radical (unpaired) electrons. The molecule has 3 aromatic rings. The van der Waals surface area contributed by atoms with Gasteiger partial charge in [-0.1, -0.05) is 23.2 Å². The molecule has 0 aliphatic carbocycles. The van der Waals surface area contributed by atoms with Crippen molar-refractivity contribution in [3.63, 3.8) is 0 Å². The molecule has 2 unspecified atom stereocenters. The van der Waals surface area contributed by atoms with Gasteiger partial charge in [-0.3, -0.25) is 9.48 Å². The van der Waals surface area contributed by atoms with Crippen molar-refractivity contribution in [3.8, 4) is 16.9 Å². The van der Waals surface area contributed by atoms with Gasteiger partial charge in [-0.05, 0) is 57.4 Å². The number of nitrogens with two attached hydrogens (primary N) is 1. The number of nitrogens with zero attached hydrogens (tertiary/aromatic N) is 4. The number of benzene rings is 1. The lowest BCUT2D eigenvalue weighted by atomic mass is 9.96. The molecule has 1 aromatic carbocycles. The fourth-order valence-corrected chi connectivity index (χ4v) is 5.91. The molecule has 2 aliphatic rings. The number of aromatic nitrogens is 3. The van der Waals surface area contributed by atoms with Gasteiger partial charge in [0.05, 0.1) is 23.2 Å². The maximum atomic E-state index is 14.0. The molecular formula is C27H31Cl2FN6O2. The number of rotatable bonds is 6. The molecule has 2 atom stereocenters. The van der Waals surface area contributed by atoms with Crippen molar-refractivity contribution in [2.75, 3.05) is 31.9 Å². The summed E-state index contributed by atoms with van der Waals surface area (Å²) in [4.78, 5) is 19.2. The van der Waals surface area contributed by atoms with Crippen LogP contribution in [-0.2, 0) is 4.79 Å². The van der Waals surface area contributed by atoms with E-state index < -0.39 is 11.9 Å². The molecule has 4 heterocycles. The van der Waals surface area contributed by atoms with E-state index in [0.29, 0.717) is 16.3 Å². The molecule has 2 saturated heterocycles. The van der Waals surface area contributed by atoms with E-state index in [1.165, 1.54) is 12.1 Å². The number of likely N-dealkylation sites (tertiary alicyclic amines) is 1. The van der Waals surface area contributed by atoms with Crippen LogP contribution in [0.25, 0.3) is 11.1 Å². The molecule has 3 N–H and O–H groups in total. The van der Waals surface area contributed by atoms with Crippen molar-refractivity contribution in [2.45, 2.75) is 44.8 Å². The van der Waals surface area contributed by atoms with Gasteiger partial charge in [-0.15, -0.1) is 0 Å². The Morgan fingerprint density at radius 1 is 1.21 bits per heavy atom. The summed E-state index contributed by atoms with van der Waals surface area (Å²) in [7, 11) is 0. The molecule has 2 fully saturated rings. The second-order valence-corrected chi connectivity index (χ2v) is 10.7. The number of carbonyl (C=O) groups excluding carboxylic acids is 1. The maximum Gasteiger partial charge on any atom is 0.226 e. The van der Waals surface area contributed by atoms with Crippen LogP contribution in [-0.4, -0.2) is 51.8 Å². The summed E-state index contributed by atoms with van der Waals surface area (Å²) >= 11 is 12.4. The van der Waals surface area contributed by atoms with E-state index in [4.69, 9.17) is 33.7 Å². The van der Waals surface area contributed by atoms with Crippen molar-refractivity contribution < 1.29 is 13.9 Å². The number of hydrogen-bond acceptors (Lipinski definition) is 6. The number of nitrogens with one attached hydrogen (secondary N) is 1. The van der Waals surface area contributed by atoms with Crippen molar-refractivity contribution in [1.29, 1.82) is 0 Å². The molecule has 1 amide bonds. The van der Waals surface area contributed by atoms with E-state index in [-0.39, 0.29) is 28.7 Å². The zero-order valence-electron chi connectivity index (χ0n) is 21.2. The fraction of sp³-hybridized carbons (Fsp3) is 0.444. The lowest BCUT2D eigenvalue weighted by molar-refractivity contribution is -0.137. The van der Waals surface area contributed by atoms with Crippen LogP contribution in [0.5, 0.6) is 5.75 Å². The number of amides is 1. The van der Waals surface area contributed by atoms with Gasteiger partial charge in [-0.25, -0.2) is 9.37 Å². The highest BCUT2D eigenvalue weighted by Gasteiger charge is 2.30. The predicted octanol–water partition coefficient (Wildman–Crippen LogP) is 5.28. The highest BCUT2D eigenvalue weighted by Crippen LogP contribution is 2.37. The van der Waals surface area contributed by atoms with Gasteiger partial charge >= 0.3 is 0 Å². The maximum absolute atomic E-state index is 14.0. The van der Waals surface area contributed by atoms with Crippen LogP contribution >= 0.6 is 23.2 Å². The van der Waals surface area contributed by atoms with E-state index in [9.17, 15) is 9.18 Å². The van der Waals surface area contributed by atoms with Crippen molar-refractivity contribution in [2.24, 2.45) is 5.92 Å². The van der Waals surface area contributed by atoms with E-state index in [0.717, 1.165) is 63.0 Å². The summed E-state index contributed by atoms with van der Waals surface area (Å²) in [5.41, 5.74) is 8.07. The van der Waals surface area contributed by atoms with Crippen LogP contribution in [0, 0.1) is 11.7 Å². The second-order valence-electron chi connectivity index (χ2n) is 9.93. The van der Waals surface area contributed by atoms with Gasteiger partial charge in [0.15, 0.2) is 11.6 Å². The smallest absolute Gasteiger partial charge is 0.226 e. The van der Waals surface area contributed by atoms with Gasteiger partial charge < -0.3 is 20.7 Å². The molecule has 8 nitrogen and oxygen atoms in total. The minimum absolute atomic E-state index is 0.0860. The predicted molar refractivity (Wildman–Crippen MR) is 146 cm³/mol. The van der Waals surface area contributed by atoms with Gasteiger partial charge in [0, 0.05) is 53.7 Å². The number of ether oxygens (including phenoxy) is 1. The number of piperidine rings is 2. The third kappa shape index (κ3) is 5.60. The van der Waals surface area contributed by atoms with Gasteiger partial charge in [0.1, 0.15) is 11.9 Å². The average Bonchev–Trinajstić information content (AvgIpc) is 3.43. The number of halogens is 3. The number of carbonyl (C=O) groups is 1. The molecular weight excluding hydrogens is 530 g/mol. The van der Waals surface area contributed by atoms with Crippen molar-refractivity contribution in [1.82, 2.24) is 25.0 Å². The van der Waals surface area contributed by atoms with E-state index in [2.05, 4.69) is 15.4 Å². The minimum atomic E-state index is -0.662. The molecule has 2 aromatic heterocycles. The molecule has 0 spiro atoms. The fourth-order valence-electron chi connectivity index (χ4n) is 5.23. The van der Waals surface area contributed by atoms with Crippen molar-refractivity contribution in [3.05, 3.63) is 58.2 Å². The summed E-state index contributed by atoms with van der Waals surface area (Å²) in [5, 5.41) is 8.14. The Hall–Kier alpha value is -2.88. The number of nitrogen functional groups attached to an aromatic ring is 1. The van der Waals surface area contributed by atoms with Crippen LogP contribution in [0.2, 0.25) is 10.0 Å². The Balaban J connectivity index is 1.26. The standard InChI is InChI=1S/C27H31Cl2FN6O2/c1-16(24-21(28)4-5-22(30)25(24)29)38-23-11-18(13-33-26(23)31)19-14-34-36(15-19)20-6-9-35(10-7-20)27(37)17-3-2-8-32-12-17/h4-5,11,13-17,20,32H,2-3,6-10,12H2,1H3,(H2,31,33). The van der Waals surface area contributed by atoms with Crippen LogP contribution in [0.1, 0.15) is 50.3 Å². The Morgan fingerprint density at radius 3 is 2.74 bits per heavy atom. The first-order chi connectivity index (χ1) is 18.3. The SMILES string of the molecule is CC(Oc1cc(-c2cnn(C3CCN(C(=O)C4CCCNC4)CC3)c2)cnc1N)c1c(Cl)ccc(F)c1Cl. The quantitative estimate of drug-likeness (QED) is 0.398. The third-order valence-electron chi connectivity index (χ3n) is 7.40. The third-order valence-corrected chi connectivity index (χ3v) is 8.12. The molecule has 2 aliphatic heterocycles. The number of hydrogen-bond donors (Lipinski definition) is 2. The first-order valence-electron chi connectivity index (χ1n) is 12.9. The van der Waals surface area contributed by atoms with Crippen molar-refractivity contribution >= 4 is 34.9 Å². The van der Waals surface area contributed by atoms with Gasteiger partial charge in [0.25, 0.3) is 0 Å².